The Morgan fingerprint density at radius 2 is 2.00 bits per heavy atom. The molecule has 0 unspecified atom stereocenters. The van der Waals surface area contributed by atoms with Crippen LogP contribution < -0.4 is 10.1 Å². The van der Waals surface area contributed by atoms with Crippen LogP contribution in [0.3, 0.4) is 0 Å². The number of thioether (sulfide) groups is 1. The van der Waals surface area contributed by atoms with Gasteiger partial charge in [-0.2, -0.15) is 11.8 Å². The second-order valence-corrected chi connectivity index (χ2v) is 8.25. The molecule has 3 rings (SSSR count). The summed E-state index contributed by atoms with van der Waals surface area (Å²) in [6, 6.07) is 16.4. The lowest BCUT2D eigenvalue weighted by molar-refractivity contribution is -0.122. The number of methoxy groups -OCH3 is 1. The molecule has 136 valence electrons. The summed E-state index contributed by atoms with van der Waals surface area (Å²) >= 11 is 3.63. The third kappa shape index (κ3) is 4.80. The summed E-state index contributed by atoms with van der Waals surface area (Å²) in [5.74, 6) is 2.69. The van der Waals surface area contributed by atoms with E-state index in [9.17, 15) is 4.79 Å². The monoisotopic (exact) mass is 385 g/mol. The van der Waals surface area contributed by atoms with Crippen LogP contribution >= 0.6 is 23.1 Å². The average molecular weight is 386 g/mol. The van der Waals surface area contributed by atoms with Crippen molar-refractivity contribution in [1.82, 2.24) is 5.32 Å². The van der Waals surface area contributed by atoms with E-state index in [2.05, 4.69) is 28.9 Å². The van der Waals surface area contributed by atoms with E-state index in [0.29, 0.717) is 6.54 Å². The summed E-state index contributed by atoms with van der Waals surface area (Å²) in [5, 5.41) is 7.38. The Kier molecular flexibility index (Phi) is 6.58. The number of ether oxygens (including phenoxy) is 1. The molecule has 0 aliphatic heterocycles. The summed E-state index contributed by atoms with van der Waals surface area (Å²) in [5.41, 5.74) is 1.03. The van der Waals surface area contributed by atoms with Gasteiger partial charge < -0.3 is 10.1 Å². The highest BCUT2D eigenvalue weighted by Gasteiger charge is 2.15. The molecule has 1 aromatic heterocycles. The molecule has 1 atom stereocenters. The molecule has 26 heavy (non-hydrogen) atoms. The quantitative estimate of drug-likeness (QED) is 0.551. The molecule has 2 aromatic carbocycles. The van der Waals surface area contributed by atoms with E-state index in [4.69, 9.17) is 4.74 Å². The van der Waals surface area contributed by atoms with E-state index in [0.717, 1.165) is 33.6 Å². The molecule has 0 saturated carbocycles. The van der Waals surface area contributed by atoms with Gasteiger partial charge in [-0.25, -0.2) is 0 Å². The van der Waals surface area contributed by atoms with Crippen LogP contribution in [0, 0.1) is 0 Å². The van der Waals surface area contributed by atoms with Crippen molar-refractivity contribution in [2.45, 2.75) is 18.6 Å². The molecule has 3 nitrogen and oxygen atoms in total. The van der Waals surface area contributed by atoms with Gasteiger partial charge in [-0.05, 0) is 46.8 Å². The molecule has 0 saturated heterocycles. The minimum absolute atomic E-state index is 0.0783. The largest absolute Gasteiger partial charge is 0.497 e. The molecule has 3 aromatic rings. The molecule has 1 heterocycles. The second-order valence-electron chi connectivity index (χ2n) is 6.12. The molecule has 1 N–H and O–H groups in total. The van der Waals surface area contributed by atoms with Crippen LogP contribution in [-0.2, 0) is 10.5 Å². The predicted molar refractivity (Wildman–Crippen MR) is 112 cm³/mol. The van der Waals surface area contributed by atoms with E-state index in [-0.39, 0.29) is 11.8 Å². The highest BCUT2D eigenvalue weighted by molar-refractivity contribution is 7.98. The van der Waals surface area contributed by atoms with Crippen LogP contribution in [0.15, 0.2) is 53.9 Å². The van der Waals surface area contributed by atoms with Gasteiger partial charge in [0.25, 0.3) is 0 Å². The maximum Gasteiger partial charge on any atom is 0.227 e. The standard InChI is InChI=1S/C21H23NO2S2/c1-15(21(23)22-9-11-25-14-20-4-3-10-26-20)16-5-6-18-13-19(24-2)8-7-17(18)12-16/h3-8,10,12-13,15H,9,11,14H2,1-2H3,(H,22,23)/t15-/m1/s1. The molecule has 1 amide bonds. The molecule has 0 aliphatic carbocycles. The van der Waals surface area contributed by atoms with E-state index in [1.165, 1.54) is 4.88 Å². The summed E-state index contributed by atoms with van der Waals surface area (Å²) in [7, 11) is 1.67. The summed E-state index contributed by atoms with van der Waals surface area (Å²) in [6.45, 7) is 2.66. The lowest BCUT2D eigenvalue weighted by Crippen LogP contribution is -2.29. The maximum absolute atomic E-state index is 12.4. The summed E-state index contributed by atoms with van der Waals surface area (Å²) in [4.78, 5) is 13.8. The van der Waals surface area contributed by atoms with Crippen LogP contribution in [0.4, 0.5) is 0 Å². The van der Waals surface area contributed by atoms with E-state index < -0.39 is 0 Å². The first-order chi connectivity index (χ1) is 12.7. The van der Waals surface area contributed by atoms with Gasteiger partial charge in [0.05, 0.1) is 13.0 Å². The van der Waals surface area contributed by atoms with E-state index >= 15 is 0 Å². The van der Waals surface area contributed by atoms with Gasteiger partial charge in [0.2, 0.25) is 5.91 Å². The molecule has 0 aliphatic rings. The number of hydrogen-bond acceptors (Lipinski definition) is 4. The SMILES string of the molecule is COc1ccc2cc([C@@H](C)C(=O)NCCSCc3cccs3)ccc2c1. The average Bonchev–Trinajstić information content (AvgIpc) is 3.19. The van der Waals surface area contributed by atoms with Gasteiger partial charge >= 0.3 is 0 Å². The summed E-state index contributed by atoms with van der Waals surface area (Å²) in [6.07, 6.45) is 0. The number of rotatable bonds is 8. The third-order valence-electron chi connectivity index (χ3n) is 4.33. The number of benzene rings is 2. The Morgan fingerprint density at radius 3 is 2.77 bits per heavy atom. The number of amides is 1. The zero-order valence-electron chi connectivity index (χ0n) is 15.0. The molecule has 0 bridgehead atoms. The molecule has 0 radical (unpaired) electrons. The Balaban J connectivity index is 1.51. The third-order valence-corrected chi connectivity index (χ3v) is 6.40. The topological polar surface area (TPSA) is 38.3 Å². The van der Waals surface area contributed by atoms with E-state index in [1.807, 2.05) is 49.0 Å². The molecule has 0 fully saturated rings. The van der Waals surface area contributed by atoms with E-state index in [1.54, 1.807) is 18.4 Å². The predicted octanol–water partition coefficient (Wildman–Crippen LogP) is 5.06. The molecular weight excluding hydrogens is 362 g/mol. The van der Waals surface area contributed by atoms with Crippen molar-refractivity contribution in [2.75, 3.05) is 19.4 Å². The van der Waals surface area contributed by atoms with Crippen LogP contribution in [-0.4, -0.2) is 25.3 Å². The first kappa shape index (κ1) is 18.8. The van der Waals surface area contributed by atoms with Crippen molar-refractivity contribution in [2.24, 2.45) is 0 Å². The number of fused-ring (bicyclic) bond motifs is 1. The highest BCUT2D eigenvalue weighted by atomic mass is 32.2. The molecule has 0 spiro atoms. The van der Waals surface area contributed by atoms with Gasteiger partial charge in [-0.1, -0.05) is 30.3 Å². The number of nitrogens with one attached hydrogen (secondary N) is 1. The Labute approximate surface area is 162 Å². The number of carbonyl (C=O) groups excluding carboxylic acids is 1. The van der Waals surface area contributed by atoms with Crippen molar-refractivity contribution in [3.63, 3.8) is 0 Å². The first-order valence-corrected chi connectivity index (χ1v) is 10.7. The lowest BCUT2D eigenvalue weighted by atomic mass is 9.97. The van der Waals surface area contributed by atoms with Gasteiger partial charge in [-0.3, -0.25) is 4.79 Å². The fourth-order valence-electron chi connectivity index (χ4n) is 2.76. The maximum atomic E-state index is 12.4. The first-order valence-electron chi connectivity index (χ1n) is 8.63. The molecular formula is C21H23NO2S2. The normalized spacial score (nSPS) is 12.1. The smallest absolute Gasteiger partial charge is 0.227 e. The van der Waals surface area contributed by atoms with Gasteiger partial charge in [-0.15, -0.1) is 11.3 Å². The van der Waals surface area contributed by atoms with Crippen molar-refractivity contribution in [1.29, 1.82) is 0 Å². The number of thiophene rings is 1. The lowest BCUT2D eigenvalue weighted by Gasteiger charge is -2.13. The van der Waals surface area contributed by atoms with Crippen molar-refractivity contribution in [3.05, 3.63) is 64.4 Å². The van der Waals surface area contributed by atoms with Gasteiger partial charge in [0.15, 0.2) is 0 Å². The van der Waals surface area contributed by atoms with Crippen LogP contribution in [0.25, 0.3) is 10.8 Å². The van der Waals surface area contributed by atoms with Gasteiger partial charge in [0, 0.05) is 22.9 Å². The second kappa shape index (κ2) is 9.10. The minimum atomic E-state index is -0.163. The fourth-order valence-corrected chi connectivity index (χ4v) is 4.46. The fraction of sp³-hybridized carbons (Fsp3) is 0.286. The van der Waals surface area contributed by atoms with Crippen LogP contribution in [0.2, 0.25) is 0 Å². The summed E-state index contributed by atoms with van der Waals surface area (Å²) < 4.78 is 5.26. The number of hydrogen-bond donors (Lipinski definition) is 1. The van der Waals surface area contributed by atoms with Crippen LogP contribution in [0.1, 0.15) is 23.3 Å². The highest BCUT2D eigenvalue weighted by Crippen LogP contribution is 2.25. The zero-order chi connectivity index (χ0) is 18.4. The Morgan fingerprint density at radius 1 is 1.19 bits per heavy atom. The van der Waals surface area contributed by atoms with Crippen LogP contribution in [0.5, 0.6) is 5.75 Å². The zero-order valence-corrected chi connectivity index (χ0v) is 16.7. The Hall–Kier alpha value is -1.98. The van der Waals surface area contributed by atoms with Crippen molar-refractivity contribution >= 4 is 39.8 Å². The molecule has 5 heteroatoms. The Bertz CT molecular complexity index is 862. The minimum Gasteiger partial charge on any atom is -0.497 e. The number of carbonyl (C=O) groups is 1. The van der Waals surface area contributed by atoms with Gasteiger partial charge in [0.1, 0.15) is 5.75 Å². The van der Waals surface area contributed by atoms with Crippen molar-refractivity contribution in [3.8, 4) is 5.75 Å². The van der Waals surface area contributed by atoms with Crippen molar-refractivity contribution < 1.29 is 9.53 Å².